The number of rotatable bonds is 4. The quantitative estimate of drug-likeness (QED) is 0.640. The van der Waals surface area contributed by atoms with Gasteiger partial charge in [0.15, 0.2) is 16.6 Å². The van der Waals surface area contributed by atoms with Gasteiger partial charge in [-0.1, -0.05) is 0 Å². The number of hydrogen-bond acceptors (Lipinski definition) is 3. The van der Waals surface area contributed by atoms with Gasteiger partial charge >= 0.3 is 0 Å². The first-order valence-electron chi connectivity index (χ1n) is 3.75. The average molecular weight is 194 g/mol. The Labute approximate surface area is 70.3 Å². The first-order chi connectivity index (χ1) is 4.83. The zero-order valence-corrected chi connectivity index (χ0v) is 9.72. The molecular formula is C6H18O3Si2. The van der Waals surface area contributed by atoms with Crippen LogP contribution in [0.4, 0.5) is 0 Å². The van der Waals surface area contributed by atoms with Gasteiger partial charge in [-0.25, -0.2) is 0 Å². The average Bonchev–Trinajstić information content (AvgIpc) is 1.86. The van der Waals surface area contributed by atoms with Gasteiger partial charge < -0.3 is 14.3 Å². The molecule has 0 aromatic carbocycles. The Morgan fingerprint density at radius 3 is 1.36 bits per heavy atom. The third kappa shape index (κ3) is 4.70. The summed E-state index contributed by atoms with van der Waals surface area (Å²) < 4.78 is 5.70. The summed E-state index contributed by atoms with van der Waals surface area (Å²) in [7, 11) is -3.75. The zero-order valence-electron chi connectivity index (χ0n) is 7.72. The van der Waals surface area contributed by atoms with Crippen LogP contribution in [0, 0.1) is 0 Å². The Hall–Kier alpha value is 0.314. The van der Waals surface area contributed by atoms with Gasteiger partial charge in [0, 0.05) is 0 Å². The lowest BCUT2D eigenvalue weighted by molar-refractivity contribution is 0.311. The number of aliphatic hydroxyl groups excluding tert-OH is 2. The maximum atomic E-state index is 8.93. The van der Waals surface area contributed by atoms with Crippen LogP contribution < -0.4 is 0 Å². The largest absolute Gasteiger partial charge is 0.453 e. The summed E-state index contributed by atoms with van der Waals surface area (Å²) in [5.41, 5.74) is 0. The van der Waals surface area contributed by atoms with E-state index in [9.17, 15) is 0 Å². The van der Waals surface area contributed by atoms with Crippen LogP contribution in [0.5, 0.6) is 0 Å². The van der Waals surface area contributed by atoms with Crippen LogP contribution in [0.1, 0.15) is 0 Å². The maximum absolute atomic E-state index is 8.93. The Kier molecular flexibility index (Phi) is 3.92. The van der Waals surface area contributed by atoms with Crippen molar-refractivity contribution < 1.29 is 14.3 Å². The van der Waals surface area contributed by atoms with Crippen LogP contribution in [0.2, 0.25) is 26.2 Å². The minimum atomic E-state index is -1.88. The van der Waals surface area contributed by atoms with Crippen molar-refractivity contribution >= 4 is 16.6 Å². The van der Waals surface area contributed by atoms with Crippen LogP contribution >= 0.6 is 0 Å². The summed E-state index contributed by atoms with van der Waals surface area (Å²) in [5.74, 6) is 0. The Morgan fingerprint density at radius 1 is 0.909 bits per heavy atom. The van der Waals surface area contributed by atoms with Gasteiger partial charge in [0.25, 0.3) is 0 Å². The van der Waals surface area contributed by atoms with Gasteiger partial charge in [-0.2, -0.15) is 0 Å². The summed E-state index contributed by atoms with van der Waals surface area (Å²) in [4.78, 5) is 0. The van der Waals surface area contributed by atoms with Gasteiger partial charge in [0.1, 0.15) is 0 Å². The fraction of sp³-hybridized carbons (Fsp3) is 1.00. The van der Waals surface area contributed by atoms with E-state index in [1.54, 1.807) is 0 Å². The van der Waals surface area contributed by atoms with Gasteiger partial charge in [0.05, 0.1) is 12.5 Å². The van der Waals surface area contributed by atoms with E-state index >= 15 is 0 Å². The van der Waals surface area contributed by atoms with Crippen LogP contribution in [-0.4, -0.2) is 39.3 Å². The lowest BCUT2D eigenvalue weighted by atomic mass is 11.7. The summed E-state index contributed by atoms with van der Waals surface area (Å²) >= 11 is 0. The van der Waals surface area contributed by atoms with Crippen molar-refractivity contribution in [1.82, 2.24) is 0 Å². The van der Waals surface area contributed by atoms with E-state index in [-0.39, 0.29) is 12.5 Å². The Balaban J connectivity index is 4.02. The van der Waals surface area contributed by atoms with E-state index in [1.807, 2.05) is 26.2 Å². The Bertz CT molecular complexity index is 111. The van der Waals surface area contributed by atoms with E-state index in [2.05, 4.69) is 0 Å². The second-order valence-electron chi connectivity index (χ2n) is 3.94. The summed E-state index contributed by atoms with van der Waals surface area (Å²) in [6.07, 6.45) is 0.257. The lowest BCUT2D eigenvalue weighted by Crippen LogP contribution is -2.49. The Morgan fingerprint density at radius 2 is 1.18 bits per heavy atom. The standard InChI is InChI=1S/C6H18O3Si2/c1-10(2,5-7)9-11(3,4)6-8/h7-8H,5-6H2,1-4H3. The van der Waals surface area contributed by atoms with Crippen molar-refractivity contribution in [2.45, 2.75) is 26.2 Å². The lowest BCUT2D eigenvalue weighted by Gasteiger charge is -2.30. The van der Waals surface area contributed by atoms with Crippen molar-refractivity contribution in [1.29, 1.82) is 0 Å². The molecule has 0 radical (unpaired) electrons. The molecule has 0 atom stereocenters. The SMILES string of the molecule is C[Si](C)(CO)O[Si](C)(C)CO. The van der Waals surface area contributed by atoms with Crippen molar-refractivity contribution in [2.75, 3.05) is 12.5 Å². The molecule has 0 saturated heterocycles. The highest BCUT2D eigenvalue weighted by molar-refractivity contribution is 6.84. The highest BCUT2D eigenvalue weighted by Gasteiger charge is 2.31. The molecule has 0 fully saturated rings. The highest BCUT2D eigenvalue weighted by Crippen LogP contribution is 2.12. The van der Waals surface area contributed by atoms with E-state index < -0.39 is 16.6 Å². The second kappa shape index (κ2) is 3.82. The third-order valence-corrected chi connectivity index (χ3v) is 7.26. The normalized spacial score (nSPS) is 13.6. The fourth-order valence-electron chi connectivity index (χ4n) is 0.813. The van der Waals surface area contributed by atoms with Crippen molar-refractivity contribution in [2.24, 2.45) is 0 Å². The molecule has 5 heteroatoms. The summed E-state index contributed by atoms with van der Waals surface area (Å²) in [6, 6.07) is 0. The monoisotopic (exact) mass is 194 g/mol. The van der Waals surface area contributed by atoms with Crippen LogP contribution in [0.25, 0.3) is 0 Å². The van der Waals surface area contributed by atoms with Crippen molar-refractivity contribution in [3.63, 3.8) is 0 Å². The topological polar surface area (TPSA) is 49.7 Å². The second-order valence-corrected chi connectivity index (χ2v) is 12.4. The van der Waals surface area contributed by atoms with Crippen molar-refractivity contribution in [3.05, 3.63) is 0 Å². The number of hydrogen-bond donors (Lipinski definition) is 2. The molecule has 0 aromatic rings. The van der Waals surface area contributed by atoms with E-state index in [1.165, 1.54) is 0 Å². The predicted molar refractivity (Wildman–Crippen MR) is 50.2 cm³/mol. The molecule has 0 bridgehead atoms. The molecule has 0 amide bonds. The van der Waals surface area contributed by atoms with Gasteiger partial charge in [0.2, 0.25) is 0 Å². The molecule has 3 nitrogen and oxygen atoms in total. The van der Waals surface area contributed by atoms with Crippen LogP contribution in [0.3, 0.4) is 0 Å². The molecule has 0 saturated carbocycles. The molecule has 0 heterocycles. The van der Waals surface area contributed by atoms with E-state index in [0.29, 0.717) is 0 Å². The zero-order chi connectivity index (χ0) is 9.12. The molecular weight excluding hydrogens is 176 g/mol. The summed E-state index contributed by atoms with van der Waals surface area (Å²) in [5, 5.41) is 17.9. The fourth-order valence-corrected chi connectivity index (χ4v) is 7.31. The summed E-state index contributed by atoms with van der Waals surface area (Å²) in [6.45, 7) is 7.82. The molecule has 0 aromatic heterocycles. The smallest absolute Gasteiger partial charge is 0.199 e. The molecule has 0 unspecified atom stereocenters. The highest BCUT2D eigenvalue weighted by atomic mass is 28.4. The predicted octanol–water partition coefficient (Wildman–Crippen LogP) is 0.476. The first-order valence-corrected chi connectivity index (χ1v) is 9.98. The molecule has 0 aliphatic rings. The van der Waals surface area contributed by atoms with Crippen LogP contribution in [-0.2, 0) is 4.12 Å². The minimum absolute atomic E-state index is 0.128. The molecule has 11 heavy (non-hydrogen) atoms. The molecule has 0 aliphatic carbocycles. The van der Waals surface area contributed by atoms with E-state index in [0.717, 1.165) is 0 Å². The minimum Gasteiger partial charge on any atom is -0.453 e. The van der Waals surface area contributed by atoms with Gasteiger partial charge in [-0.15, -0.1) is 0 Å². The van der Waals surface area contributed by atoms with Crippen LogP contribution in [0.15, 0.2) is 0 Å². The number of aliphatic hydroxyl groups is 2. The molecule has 68 valence electrons. The molecule has 2 N–H and O–H groups in total. The van der Waals surface area contributed by atoms with Gasteiger partial charge in [-0.3, -0.25) is 0 Å². The van der Waals surface area contributed by atoms with E-state index in [4.69, 9.17) is 14.3 Å². The third-order valence-electron chi connectivity index (χ3n) is 1.31. The first kappa shape index (κ1) is 11.3. The maximum Gasteiger partial charge on any atom is 0.199 e. The van der Waals surface area contributed by atoms with Gasteiger partial charge in [-0.05, 0) is 26.2 Å². The molecule has 0 aliphatic heterocycles. The van der Waals surface area contributed by atoms with Crippen molar-refractivity contribution in [3.8, 4) is 0 Å². The molecule has 0 spiro atoms. The molecule has 0 rings (SSSR count).